The minimum absolute atomic E-state index is 0.144. The number of aromatic nitrogens is 4. The summed E-state index contributed by atoms with van der Waals surface area (Å²) in [5.74, 6) is -0.144. The third-order valence-corrected chi connectivity index (χ3v) is 4.06. The summed E-state index contributed by atoms with van der Waals surface area (Å²) >= 11 is 7.26. The van der Waals surface area contributed by atoms with E-state index in [9.17, 15) is 4.79 Å². The fraction of sp³-hybridized carbons (Fsp3) is 0.538. The topological polar surface area (TPSA) is 63.9 Å². The lowest BCUT2D eigenvalue weighted by atomic mass is 10.1. The zero-order valence-electron chi connectivity index (χ0n) is 12.3. The monoisotopic (exact) mass is 327 g/mol. The Hall–Kier alpha value is -1.31. The Kier molecular flexibility index (Phi) is 5.44. The second-order valence-electron chi connectivity index (χ2n) is 5.00. The van der Waals surface area contributed by atoms with Crippen LogP contribution in [0.1, 0.15) is 34.4 Å². The summed E-state index contributed by atoms with van der Waals surface area (Å²) in [5.41, 5.74) is 1.16. The van der Waals surface area contributed by atoms with Gasteiger partial charge in [-0.1, -0.05) is 29.4 Å². The first-order valence-corrected chi connectivity index (χ1v) is 7.91. The predicted molar refractivity (Wildman–Crippen MR) is 83.1 cm³/mol. The van der Waals surface area contributed by atoms with Gasteiger partial charge >= 0.3 is 0 Å². The van der Waals surface area contributed by atoms with E-state index in [1.807, 2.05) is 25.9 Å². The number of hydrogen-bond donors (Lipinski definition) is 0. The Balaban J connectivity index is 2.30. The van der Waals surface area contributed by atoms with E-state index in [1.54, 1.807) is 4.68 Å². The second-order valence-corrected chi connectivity index (χ2v) is 6.16. The zero-order chi connectivity index (χ0) is 15.4. The summed E-state index contributed by atoms with van der Waals surface area (Å²) in [6, 6.07) is 0. The van der Waals surface area contributed by atoms with Crippen molar-refractivity contribution in [2.75, 3.05) is 20.6 Å². The molecule has 0 aliphatic rings. The lowest BCUT2D eigenvalue weighted by Gasteiger charge is -2.11. The number of carbonyl (C=O) groups is 1. The Morgan fingerprint density at radius 2 is 2.24 bits per heavy atom. The molecule has 0 aromatic carbocycles. The molecule has 0 radical (unpaired) electrons. The first kappa shape index (κ1) is 16.1. The number of nitrogens with zero attached hydrogens (tertiary/aromatic N) is 5. The lowest BCUT2D eigenvalue weighted by Crippen LogP contribution is -2.21. The normalized spacial score (nSPS) is 11.3. The van der Waals surface area contributed by atoms with Gasteiger partial charge in [-0.05, 0) is 32.0 Å². The summed E-state index contributed by atoms with van der Waals surface area (Å²) in [7, 11) is 3.94. The highest BCUT2D eigenvalue weighted by atomic mass is 35.5. The number of aryl methyl sites for hydroxylation is 1. The number of rotatable bonds is 7. The van der Waals surface area contributed by atoms with Crippen molar-refractivity contribution in [1.29, 1.82) is 0 Å². The van der Waals surface area contributed by atoms with E-state index in [0.29, 0.717) is 22.1 Å². The maximum atomic E-state index is 12.7. The number of halogens is 1. The molecule has 114 valence electrons. The number of hydrogen-bond acceptors (Lipinski definition) is 6. The van der Waals surface area contributed by atoms with Gasteiger partial charge in [-0.2, -0.15) is 5.10 Å². The van der Waals surface area contributed by atoms with E-state index in [1.165, 1.54) is 6.20 Å². The highest BCUT2D eigenvalue weighted by Crippen LogP contribution is 2.23. The highest BCUT2D eigenvalue weighted by molar-refractivity contribution is 7.08. The van der Waals surface area contributed by atoms with Crippen molar-refractivity contribution >= 4 is 28.9 Å². The van der Waals surface area contributed by atoms with E-state index >= 15 is 0 Å². The van der Waals surface area contributed by atoms with Crippen molar-refractivity contribution in [2.45, 2.75) is 26.3 Å². The molecule has 2 aromatic rings. The van der Waals surface area contributed by atoms with E-state index in [0.717, 1.165) is 36.6 Å². The maximum absolute atomic E-state index is 12.7. The highest BCUT2D eigenvalue weighted by Gasteiger charge is 2.24. The molecule has 0 fully saturated rings. The lowest BCUT2D eigenvalue weighted by molar-refractivity contribution is 0.103. The van der Waals surface area contributed by atoms with Gasteiger partial charge < -0.3 is 4.90 Å². The number of carbonyl (C=O) groups excluding carboxylic acids is 1. The van der Waals surface area contributed by atoms with Gasteiger partial charge in [0.1, 0.15) is 10.6 Å². The van der Waals surface area contributed by atoms with Gasteiger partial charge in [-0.25, -0.2) is 0 Å². The molecule has 0 aliphatic carbocycles. The van der Waals surface area contributed by atoms with E-state index in [-0.39, 0.29) is 5.78 Å². The molecule has 0 saturated carbocycles. The standard InChI is InChI=1S/C13H18ClN5OS/c1-4-5-10-13(21-17-16-10)12(20)11-9(14)8-15-19(11)7-6-18(2)3/h8H,4-7H2,1-3H3. The molecule has 2 heterocycles. The van der Waals surface area contributed by atoms with E-state index in [4.69, 9.17) is 11.6 Å². The Morgan fingerprint density at radius 3 is 2.90 bits per heavy atom. The van der Waals surface area contributed by atoms with E-state index < -0.39 is 0 Å². The summed E-state index contributed by atoms with van der Waals surface area (Å²) in [5, 5.41) is 8.60. The Bertz CT molecular complexity index is 622. The SMILES string of the molecule is CCCc1nnsc1C(=O)c1c(Cl)cnn1CCN(C)C. The molecule has 0 bridgehead atoms. The molecule has 0 atom stereocenters. The average Bonchev–Trinajstić information content (AvgIpc) is 3.03. The third-order valence-electron chi connectivity index (χ3n) is 3.02. The third kappa shape index (κ3) is 3.66. The molecular weight excluding hydrogens is 310 g/mol. The van der Waals surface area contributed by atoms with Gasteiger partial charge in [0, 0.05) is 6.54 Å². The van der Waals surface area contributed by atoms with Gasteiger partial charge in [0.15, 0.2) is 0 Å². The molecule has 0 aliphatic heterocycles. The van der Waals surface area contributed by atoms with Crippen LogP contribution in [0.3, 0.4) is 0 Å². The second kappa shape index (κ2) is 7.11. The minimum atomic E-state index is -0.144. The van der Waals surface area contributed by atoms with Crippen LogP contribution in [-0.4, -0.2) is 50.7 Å². The molecule has 2 aromatic heterocycles. The van der Waals surface area contributed by atoms with Crippen molar-refractivity contribution < 1.29 is 4.79 Å². The van der Waals surface area contributed by atoms with Crippen LogP contribution in [0.15, 0.2) is 6.20 Å². The van der Waals surface area contributed by atoms with Crippen LogP contribution < -0.4 is 0 Å². The van der Waals surface area contributed by atoms with Crippen LogP contribution in [0, 0.1) is 0 Å². The average molecular weight is 328 g/mol. The summed E-state index contributed by atoms with van der Waals surface area (Å²) < 4.78 is 5.55. The van der Waals surface area contributed by atoms with Gasteiger partial charge in [-0.15, -0.1) is 5.10 Å². The molecule has 0 unspecified atom stereocenters. The van der Waals surface area contributed by atoms with Crippen LogP contribution in [0.2, 0.25) is 5.02 Å². The summed E-state index contributed by atoms with van der Waals surface area (Å²) in [6.07, 6.45) is 3.17. The molecule has 0 saturated heterocycles. The van der Waals surface area contributed by atoms with Crippen molar-refractivity contribution in [3.05, 3.63) is 27.5 Å². The smallest absolute Gasteiger partial charge is 0.226 e. The molecular formula is C13H18ClN5OS. The Labute approximate surface area is 132 Å². The van der Waals surface area contributed by atoms with Crippen LogP contribution in [-0.2, 0) is 13.0 Å². The van der Waals surface area contributed by atoms with Crippen LogP contribution >= 0.6 is 23.1 Å². The molecule has 2 rings (SSSR count). The summed E-state index contributed by atoms with van der Waals surface area (Å²) in [6.45, 7) is 3.43. The van der Waals surface area contributed by atoms with Gasteiger partial charge in [0.05, 0.1) is 23.5 Å². The van der Waals surface area contributed by atoms with Crippen LogP contribution in [0.5, 0.6) is 0 Å². The van der Waals surface area contributed by atoms with Crippen LogP contribution in [0.25, 0.3) is 0 Å². The predicted octanol–water partition coefficient (Wildman–Crippen LogP) is 2.13. The molecule has 8 heteroatoms. The summed E-state index contributed by atoms with van der Waals surface area (Å²) in [4.78, 5) is 15.3. The van der Waals surface area contributed by atoms with Crippen molar-refractivity contribution in [1.82, 2.24) is 24.3 Å². The molecule has 21 heavy (non-hydrogen) atoms. The Morgan fingerprint density at radius 1 is 1.48 bits per heavy atom. The molecule has 0 amide bonds. The van der Waals surface area contributed by atoms with Gasteiger partial charge in [-0.3, -0.25) is 9.48 Å². The fourth-order valence-corrected chi connectivity index (χ4v) is 2.82. The van der Waals surface area contributed by atoms with Gasteiger partial charge in [0.2, 0.25) is 5.78 Å². The molecule has 0 spiro atoms. The van der Waals surface area contributed by atoms with Crippen molar-refractivity contribution in [3.8, 4) is 0 Å². The number of likely N-dealkylation sites (N-methyl/N-ethyl adjacent to an activating group) is 1. The molecule has 6 nitrogen and oxygen atoms in total. The quantitative estimate of drug-likeness (QED) is 0.729. The number of ketones is 1. The fourth-order valence-electron chi connectivity index (χ4n) is 1.94. The molecule has 0 N–H and O–H groups in total. The first-order chi connectivity index (χ1) is 10.0. The van der Waals surface area contributed by atoms with Crippen molar-refractivity contribution in [2.24, 2.45) is 0 Å². The first-order valence-electron chi connectivity index (χ1n) is 6.76. The van der Waals surface area contributed by atoms with E-state index in [2.05, 4.69) is 14.7 Å². The van der Waals surface area contributed by atoms with Gasteiger partial charge in [0.25, 0.3) is 0 Å². The zero-order valence-corrected chi connectivity index (χ0v) is 13.9. The largest absolute Gasteiger partial charge is 0.308 e. The minimum Gasteiger partial charge on any atom is -0.308 e. The van der Waals surface area contributed by atoms with Crippen LogP contribution in [0.4, 0.5) is 0 Å². The van der Waals surface area contributed by atoms with Crippen molar-refractivity contribution in [3.63, 3.8) is 0 Å². The maximum Gasteiger partial charge on any atom is 0.226 e.